The van der Waals surface area contributed by atoms with Gasteiger partial charge in [0.25, 0.3) is 0 Å². The van der Waals surface area contributed by atoms with Crippen molar-refractivity contribution in [3.05, 3.63) is 34.9 Å². The number of hydrogen-bond acceptors (Lipinski definition) is 2. The molecule has 0 aliphatic heterocycles. The maximum atomic E-state index is 6.05. The first-order valence-electron chi connectivity index (χ1n) is 6.22. The van der Waals surface area contributed by atoms with Gasteiger partial charge in [-0.05, 0) is 38.1 Å². The summed E-state index contributed by atoms with van der Waals surface area (Å²) in [6.07, 6.45) is 2.62. The highest BCUT2D eigenvalue weighted by molar-refractivity contribution is 6.30. The number of ether oxygens (including phenoxy) is 1. The van der Waals surface area contributed by atoms with Gasteiger partial charge in [-0.1, -0.05) is 37.1 Å². The van der Waals surface area contributed by atoms with Crippen molar-refractivity contribution in [2.45, 2.75) is 38.9 Å². The first kappa shape index (κ1) is 14.5. The summed E-state index contributed by atoms with van der Waals surface area (Å²) < 4.78 is 6.05. The molecular formula is C14H22ClNO. The number of hydrogen-bond donors (Lipinski definition) is 1. The molecule has 0 fully saturated rings. The van der Waals surface area contributed by atoms with Gasteiger partial charge in [0.2, 0.25) is 0 Å². The maximum Gasteiger partial charge on any atom is 0.0952 e. The van der Waals surface area contributed by atoms with Gasteiger partial charge in [-0.25, -0.2) is 0 Å². The molecule has 0 radical (unpaired) electrons. The van der Waals surface area contributed by atoms with Crippen LogP contribution in [-0.4, -0.2) is 19.7 Å². The van der Waals surface area contributed by atoms with Crippen LogP contribution < -0.4 is 5.32 Å². The van der Waals surface area contributed by atoms with Crippen LogP contribution in [-0.2, 0) is 4.74 Å². The van der Waals surface area contributed by atoms with E-state index in [-0.39, 0.29) is 12.2 Å². The van der Waals surface area contributed by atoms with Gasteiger partial charge in [0.15, 0.2) is 0 Å². The highest BCUT2D eigenvalue weighted by Gasteiger charge is 2.14. The van der Waals surface area contributed by atoms with E-state index in [1.54, 1.807) is 0 Å². The number of benzene rings is 1. The van der Waals surface area contributed by atoms with Gasteiger partial charge in [-0.2, -0.15) is 0 Å². The van der Waals surface area contributed by atoms with Gasteiger partial charge in [-0.3, -0.25) is 0 Å². The lowest BCUT2D eigenvalue weighted by atomic mass is 10.1. The Morgan fingerprint density at radius 1 is 1.29 bits per heavy atom. The summed E-state index contributed by atoms with van der Waals surface area (Å²) in [5.74, 6) is 0. The van der Waals surface area contributed by atoms with Crippen LogP contribution in [0, 0.1) is 0 Å². The Bertz CT molecular complexity index is 313. The third kappa shape index (κ3) is 5.07. The average Bonchev–Trinajstić information content (AvgIpc) is 2.30. The zero-order valence-corrected chi connectivity index (χ0v) is 11.6. The number of halogens is 1. The van der Waals surface area contributed by atoms with Gasteiger partial charge in [0, 0.05) is 11.6 Å². The van der Waals surface area contributed by atoms with Gasteiger partial charge in [0.05, 0.1) is 12.2 Å². The van der Waals surface area contributed by atoms with E-state index in [1.165, 1.54) is 5.56 Å². The van der Waals surface area contributed by atoms with Crippen LogP contribution in [0.3, 0.4) is 0 Å². The zero-order valence-electron chi connectivity index (χ0n) is 10.9. The van der Waals surface area contributed by atoms with Crippen LogP contribution in [0.25, 0.3) is 0 Å². The van der Waals surface area contributed by atoms with Crippen molar-refractivity contribution < 1.29 is 4.74 Å². The van der Waals surface area contributed by atoms with E-state index in [9.17, 15) is 0 Å². The number of rotatable bonds is 7. The van der Waals surface area contributed by atoms with Crippen molar-refractivity contribution in [3.63, 3.8) is 0 Å². The van der Waals surface area contributed by atoms with E-state index in [4.69, 9.17) is 16.3 Å². The average molecular weight is 256 g/mol. The summed E-state index contributed by atoms with van der Waals surface area (Å²) in [7, 11) is 1.94. The number of likely N-dealkylation sites (N-methyl/N-ethyl adjacent to an activating group) is 1. The van der Waals surface area contributed by atoms with Gasteiger partial charge >= 0.3 is 0 Å². The lowest BCUT2D eigenvalue weighted by Gasteiger charge is -2.22. The summed E-state index contributed by atoms with van der Waals surface area (Å²) in [5.41, 5.74) is 1.17. The molecule has 17 heavy (non-hydrogen) atoms. The van der Waals surface area contributed by atoms with E-state index in [0.717, 1.165) is 24.4 Å². The Labute approximate surface area is 109 Å². The molecule has 1 aromatic rings. The summed E-state index contributed by atoms with van der Waals surface area (Å²) >= 11 is 5.89. The fourth-order valence-corrected chi connectivity index (χ4v) is 1.99. The third-order valence-electron chi connectivity index (χ3n) is 2.72. The molecule has 2 unspecified atom stereocenters. The molecule has 2 atom stereocenters. The predicted molar refractivity (Wildman–Crippen MR) is 73.6 cm³/mol. The number of nitrogens with one attached hydrogen (secondary N) is 1. The summed E-state index contributed by atoms with van der Waals surface area (Å²) in [6.45, 7) is 5.12. The summed E-state index contributed by atoms with van der Waals surface area (Å²) in [4.78, 5) is 0. The van der Waals surface area contributed by atoms with Crippen LogP contribution in [0.5, 0.6) is 0 Å². The smallest absolute Gasteiger partial charge is 0.0952 e. The van der Waals surface area contributed by atoms with Gasteiger partial charge < -0.3 is 10.1 Å². The third-order valence-corrected chi connectivity index (χ3v) is 2.98. The quantitative estimate of drug-likeness (QED) is 0.800. The summed E-state index contributed by atoms with van der Waals surface area (Å²) in [5, 5.41) is 3.93. The molecule has 3 heteroatoms. The molecule has 0 bridgehead atoms. The first-order chi connectivity index (χ1) is 8.17. The highest BCUT2D eigenvalue weighted by atomic mass is 35.5. The molecule has 0 spiro atoms. The monoisotopic (exact) mass is 255 g/mol. The van der Waals surface area contributed by atoms with Crippen molar-refractivity contribution >= 4 is 11.6 Å². The Hall–Kier alpha value is -0.570. The minimum atomic E-state index is 0.0961. The first-order valence-corrected chi connectivity index (χ1v) is 6.60. The fraction of sp³-hybridized carbons (Fsp3) is 0.571. The van der Waals surface area contributed by atoms with Crippen LogP contribution in [0.1, 0.15) is 38.4 Å². The van der Waals surface area contributed by atoms with Crippen LogP contribution in [0.15, 0.2) is 24.3 Å². The normalized spacial score (nSPS) is 14.6. The maximum absolute atomic E-state index is 6.05. The largest absolute Gasteiger partial charge is 0.369 e. The Morgan fingerprint density at radius 2 is 1.94 bits per heavy atom. The molecule has 0 heterocycles. The molecule has 0 saturated carbocycles. The fourth-order valence-electron chi connectivity index (χ4n) is 1.86. The summed E-state index contributed by atoms with van der Waals surface area (Å²) in [6, 6.07) is 7.88. The Kier molecular flexibility index (Phi) is 6.56. The van der Waals surface area contributed by atoms with Crippen molar-refractivity contribution in [1.29, 1.82) is 0 Å². The van der Waals surface area contributed by atoms with E-state index >= 15 is 0 Å². The van der Waals surface area contributed by atoms with Gasteiger partial charge in [0.1, 0.15) is 0 Å². The zero-order chi connectivity index (χ0) is 12.7. The van der Waals surface area contributed by atoms with Crippen molar-refractivity contribution in [1.82, 2.24) is 5.32 Å². The standard InChI is InChI=1S/C14H22ClNO/c1-4-5-11(2)17-14(10-16-3)12-6-8-13(15)9-7-12/h6-9,11,14,16H,4-5,10H2,1-3H3. The van der Waals surface area contributed by atoms with E-state index in [0.29, 0.717) is 0 Å². The molecular weight excluding hydrogens is 234 g/mol. The lowest BCUT2D eigenvalue weighted by molar-refractivity contribution is -0.00631. The van der Waals surface area contributed by atoms with Crippen molar-refractivity contribution in [2.75, 3.05) is 13.6 Å². The van der Waals surface area contributed by atoms with Crippen molar-refractivity contribution in [2.24, 2.45) is 0 Å². The molecule has 0 saturated heterocycles. The second-order valence-corrected chi connectivity index (χ2v) is 4.77. The highest BCUT2D eigenvalue weighted by Crippen LogP contribution is 2.21. The molecule has 0 aromatic heterocycles. The molecule has 2 nitrogen and oxygen atoms in total. The minimum Gasteiger partial charge on any atom is -0.369 e. The lowest BCUT2D eigenvalue weighted by Crippen LogP contribution is -2.23. The van der Waals surface area contributed by atoms with Crippen LogP contribution in [0.4, 0.5) is 0 Å². The molecule has 1 N–H and O–H groups in total. The van der Waals surface area contributed by atoms with E-state index in [2.05, 4.69) is 19.2 Å². The van der Waals surface area contributed by atoms with Crippen molar-refractivity contribution in [3.8, 4) is 0 Å². The molecule has 0 aliphatic rings. The Morgan fingerprint density at radius 3 is 2.47 bits per heavy atom. The molecule has 0 amide bonds. The minimum absolute atomic E-state index is 0.0961. The van der Waals surface area contributed by atoms with Gasteiger partial charge in [-0.15, -0.1) is 0 Å². The molecule has 1 rings (SSSR count). The molecule has 1 aromatic carbocycles. The van der Waals surface area contributed by atoms with E-state index in [1.807, 2.05) is 31.3 Å². The molecule has 96 valence electrons. The Balaban J connectivity index is 2.67. The van der Waals surface area contributed by atoms with Crippen LogP contribution in [0.2, 0.25) is 5.02 Å². The second-order valence-electron chi connectivity index (χ2n) is 4.33. The SMILES string of the molecule is CCCC(C)OC(CNC)c1ccc(Cl)cc1. The van der Waals surface area contributed by atoms with E-state index < -0.39 is 0 Å². The van der Waals surface area contributed by atoms with Crippen LogP contribution >= 0.6 is 11.6 Å². The molecule has 0 aliphatic carbocycles. The second kappa shape index (κ2) is 7.70. The topological polar surface area (TPSA) is 21.3 Å². The predicted octanol–water partition coefficient (Wildman–Crippen LogP) is 3.81.